The van der Waals surface area contributed by atoms with Gasteiger partial charge in [-0.25, -0.2) is 0 Å². The number of likely N-dealkylation sites (tertiary alicyclic amines) is 1. The highest BCUT2D eigenvalue weighted by Crippen LogP contribution is 2.26. The SMILES string of the molecule is O=C1CCCN1CC(=O)N1CCOc2ccc(Cl)cc2C1. The molecule has 1 aromatic rings. The maximum Gasteiger partial charge on any atom is 0.242 e. The fourth-order valence-electron chi connectivity index (χ4n) is 2.71. The molecule has 2 amide bonds. The van der Waals surface area contributed by atoms with E-state index in [0.29, 0.717) is 37.7 Å². The lowest BCUT2D eigenvalue weighted by molar-refractivity contribution is -0.138. The van der Waals surface area contributed by atoms with Crippen molar-refractivity contribution in [3.8, 4) is 5.75 Å². The lowest BCUT2D eigenvalue weighted by Gasteiger charge is -2.23. The van der Waals surface area contributed by atoms with Crippen LogP contribution in [0.1, 0.15) is 18.4 Å². The van der Waals surface area contributed by atoms with E-state index in [1.54, 1.807) is 15.9 Å². The number of ether oxygens (including phenoxy) is 1. The molecule has 1 saturated heterocycles. The number of nitrogens with zero attached hydrogens (tertiary/aromatic N) is 2. The van der Waals surface area contributed by atoms with Crippen LogP contribution < -0.4 is 4.74 Å². The molecule has 0 N–H and O–H groups in total. The lowest BCUT2D eigenvalue weighted by Crippen LogP contribution is -2.41. The monoisotopic (exact) mass is 308 g/mol. The van der Waals surface area contributed by atoms with Gasteiger partial charge in [-0.2, -0.15) is 0 Å². The van der Waals surface area contributed by atoms with Crippen LogP contribution in [0.2, 0.25) is 5.02 Å². The van der Waals surface area contributed by atoms with Crippen LogP contribution in [0.25, 0.3) is 0 Å². The van der Waals surface area contributed by atoms with Gasteiger partial charge in [0.25, 0.3) is 0 Å². The molecule has 0 aliphatic carbocycles. The van der Waals surface area contributed by atoms with E-state index in [1.807, 2.05) is 12.1 Å². The van der Waals surface area contributed by atoms with Crippen molar-refractivity contribution in [1.82, 2.24) is 9.80 Å². The van der Waals surface area contributed by atoms with Gasteiger partial charge >= 0.3 is 0 Å². The second kappa shape index (κ2) is 5.93. The van der Waals surface area contributed by atoms with Gasteiger partial charge in [-0.3, -0.25) is 9.59 Å². The Bertz CT molecular complexity index is 576. The minimum atomic E-state index is -0.0401. The molecule has 2 aliphatic rings. The van der Waals surface area contributed by atoms with Crippen LogP contribution in [0.15, 0.2) is 18.2 Å². The molecule has 1 fully saturated rings. The summed E-state index contributed by atoms with van der Waals surface area (Å²) >= 11 is 6.00. The van der Waals surface area contributed by atoms with Crippen LogP contribution in [0, 0.1) is 0 Å². The molecule has 3 rings (SSSR count). The largest absolute Gasteiger partial charge is 0.491 e. The Hall–Kier alpha value is -1.75. The molecule has 0 spiro atoms. The predicted molar refractivity (Wildman–Crippen MR) is 78.2 cm³/mol. The van der Waals surface area contributed by atoms with Crippen LogP contribution in [0.4, 0.5) is 0 Å². The number of amides is 2. The summed E-state index contributed by atoms with van der Waals surface area (Å²) < 4.78 is 5.64. The number of halogens is 1. The molecule has 21 heavy (non-hydrogen) atoms. The normalized spacial score (nSPS) is 18.2. The van der Waals surface area contributed by atoms with Crippen molar-refractivity contribution < 1.29 is 14.3 Å². The fourth-order valence-corrected chi connectivity index (χ4v) is 2.90. The van der Waals surface area contributed by atoms with Crippen molar-refractivity contribution in [2.75, 3.05) is 26.2 Å². The lowest BCUT2D eigenvalue weighted by atomic mass is 10.2. The Labute approximate surface area is 128 Å². The van der Waals surface area contributed by atoms with E-state index in [4.69, 9.17) is 16.3 Å². The molecule has 112 valence electrons. The fraction of sp³-hybridized carbons (Fsp3) is 0.467. The Morgan fingerprint density at radius 1 is 1.33 bits per heavy atom. The van der Waals surface area contributed by atoms with Gasteiger partial charge in [0.15, 0.2) is 0 Å². The molecule has 5 nitrogen and oxygen atoms in total. The molecule has 1 aromatic carbocycles. The van der Waals surface area contributed by atoms with Crippen molar-refractivity contribution in [1.29, 1.82) is 0 Å². The number of hydrogen-bond donors (Lipinski definition) is 0. The first kappa shape index (κ1) is 14.2. The highest BCUT2D eigenvalue weighted by Gasteiger charge is 2.26. The van der Waals surface area contributed by atoms with Gasteiger partial charge < -0.3 is 14.5 Å². The smallest absolute Gasteiger partial charge is 0.242 e. The van der Waals surface area contributed by atoms with E-state index in [2.05, 4.69) is 0 Å². The quantitative estimate of drug-likeness (QED) is 0.835. The van der Waals surface area contributed by atoms with Gasteiger partial charge in [-0.1, -0.05) is 11.6 Å². The van der Waals surface area contributed by atoms with Crippen LogP contribution in [0.3, 0.4) is 0 Å². The topological polar surface area (TPSA) is 49.9 Å². The summed E-state index contributed by atoms with van der Waals surface area (Å²) in [4.78, 5) is 27.4. The summed E-state index contributed by atoms with van der Waals surface area (Å²) in [6, 6.07) is 5.43. The predicted octanol–water partition coefficient (Wildman–Crippen LogP) is 1.68. The molecule has 0 atom stereocenters. The average Bonchev–Trinajstić information content (AvgIpc) is 2.74. The van der Waals surface area contributed by atoms with E-state index >= 15 is 0 Å². The number of hydrogen-bond acceptors (Lipinski definition) is 3. The van der Waals surface area contributed by atoms with Crippen molar-refractivity contribution in [2.45, 2.75) is 19.4 Å². The number of fused-ring (bicyclic) bond motifs is 1. The Balaban J connectivity index is 1.70. The van der Waals surface area contributed by atoms with E-state index in [9.17, 15) is 9.59 Å². The highest BCUT2D eigenvalue weighted by atomic mass is 35.5. The van der Waals surface area contributed by atoms with Gasteiger partial charge in [0.2, 0.25) is 11.8 Å². The first-order chi connectivity index (χ1) is 10.1. The highest BCUT2D eigenvalue weighted by molar-refractivity contribution is 6.30. The minimum Gasteiger partial charge on any atom is -0.491 e. The molecule has 0 aromatic heterocycles. The third-order valence-electron chi connectivity index (χ3n) is 3.85. The van der Waals surface area contributed by atoms with E-state index in [0.717, 1.165) is 17.7 Å². The molecule has 0 saturated carbocycles. The molecule has 0 radical (unpaired) electrons. The van der Waals surface area contributed by atoms with Gasteiger partial charge in [0.1, 0.15) is 12.4 Å². The third kappa shape index (κ3) is 3.13. The summed E-state index contributed by atoms with van der Waals surface area (Å²) in [5.41, 5.74) is 0.904. The van der Waals surface area contributed by atoms with Crippen molar-refractivity contribution in [3.63, 3.8) is 0 Å². The van der Waals surface area contributed by atoms with Crippen LogP contribution in [-0.4, -0.2) is 47.9 Å². The number of rotatable bonds is 2. The standard InChI is InChI=1S/C15H17ClN2O3/c16-12-3-4-13-11(8-12)9-18(6-7-21-13)15(20)10-17-5-1-2-14(17)19/h3-4,8H,1-2,5-7,9-10H2. The maximum absolute atomic E-state index is 12.4. The first-order valence-electron chi connectivity index (χ1n) is 7.10. The number of benzene rings is 1. The van der Waals surface area contributed by atoms with Crippen molar-refractivity contribution in [3.05, 3.63) is 28.8 Å². The maximum atomic E-state index is 12.4. The molecule has 2 aliphatic heterocycles. The van der Waals surface area contributed by atoms with Crippen LogP contribution >= 0.6 is 11.6 Å². The number of carbonyl (C=O) groups is 2. The van der Waals surface area contributed by atoms with Gasteiger partial charge in [-0.05, 0) is 24.6 Å². The van der Waals surface area contributed by atoms with Crippen molar-refractivity contribution in [2.24, 2.45) is 0 Å². The number of carbonyl (C=O) groups excluding carboxylic acids is 2. The van der Waals surface area contributed by atoms with E-state index in [-0.39, 0.29) is 18.4 Å². The molecule has 6 heteroatoms. The first-order valence-corrected chi connectivity index (χ1v) is 7.48. The third-order valence-corrected chi connectivity index (χ3v) is 4.09. The summed E-state index contributed by atoms with van der Waals surface area (Å²) in [5.74, 6) is 0.798. The molecular formula is C15H17ClN2O3. The second-order valence-corrected chi connectivity index (χ2v) is 5.77. The van der Waals surface area contributed by atoms with Crippen molar-refractivity contribution >= 4 is 23.4 Å². The van der Waals surface area contributed by atoms with Gasteiger partial charge in [-0.15, -0.1) is 0 Å². The molecule has 0 unspecified atom stereocenters. The molecule has 2 heterocycles. The Morgan fingerprint density at radius 2 is 2.19 bits per heavy atom. The van der Waals surface area contributed by atoms with Gasteiger partial charge in [0, 0.05) is 30.1 Å². The zero-order valence-electron chi connectivity index (χ0n) is 11.7. The summed E-state index contributed by atoms with van der Waals surface area (Å²) in [6.07, 6.45) is 1.39. The van der Waals surface area contributed by atoms with Crippen LogP contribution in [-0.2, 0) is 16.1 Å². The Morgan fingerprint density at radius 3 is 2.95 bits per heavy atom. The minimum absolute atomic E-state index is 0.0401. The molecular weight excluding hydrogens is 292 g/mol. The van der Waals surface area contributed by atoms with Crippen LogP contribution in [0.5, 0.6) is 5.75 Å². The van der Waals surface area contributed by atoms with E-state index in [1.165, 1.54) is 0 Å². The average molecular weight is 309 g/mol. The van der Waals surface area contributed by atoms with Gasteiger partial charge in [0.05, 0.1) is 13.1 Å². The summed E-state index contributed by atoms with van der Waals surface area (Å²) in [7, 11) is 0. The summed E-state index contributed by atoms with van der Waals surface area (Å²) in [6.45, 7) is 2.28. The Kier molecular flexibility index (Phi) is 4.01. The van der Waals surface area contributed by atoms with E-state index < -0.39 is 0 Å². The second-order valence-electron chi connectivity index (χ2n) is 5.33. The molecule has 0 bridgehead atoms. The summed E-state index contributed by atoms with van der Waals surface area (Å²) in [5, 5.41) is 0.626. The zero-order valence-corrected chi connectivity index (χ0v) is 12.4. The zero-order chi connectivity index (χ0) is 14.8.